The standard InChI is InChI=1S/C11H10BrClO3/c1-2-16-11(15)10(14)6-7-3-4-8(12)9(13)5-7/h3-5H,2,6H2,1H3. The van der Waals surface area contributed by atoms with E-state index >= 15 is 0 Å². The smallest absolute Gasteiger partial charge is 0.374 e. The first-order valence-corrected chi connectivity index (χ1v) is 5.85. The van der Waals surface area contributed by atoms with Gasteiger partial charge in [0, 0.05) is 10.9 Å². The van der Waals surface area contributed by atoms with Crippen LogP contribution in [0.1, 0.15) is 12.5 Å². The zero-order chi connectivity index (χ0) is 12.1. The van der Waals surface area contributed by atoms with Crippen LogP contribution in [0.15, 0.2) is 22.7 Å². The second-order valence-corrected chi connectivity index (χ2v) is 4.33. The molecule has 0 aromatic heterocycles. The molecule has 0 aliphatic carbocycles. The fourth-order valence-electron chi connectivity index (χ4n) is 1.12. The summed E-state index contributed by atoms with van der Waals surface area (Å²) >= 11 is 9.10. The van der Waals surface area contributed by atoms with Gasteiger partial charge in [0.2, 0.25) is 5.78 Å². The molecule has 0 atom stereocenters. The highest BCUT2D eigenvalue weighted by molar-refractivity contribution is 9.10. The van der Waals surface area contributed by atoms with Gasteiger partial charge in [0.1, 0.15) is 0 Å². The lowest BCUT2D eigenvalue weighted by atomic mass is 10.1. The molecule has 0 spiro atoms. The number of carbonyl (C=O) groups excluding carboxylic acids is 2. The van der Waals surface area contributed by atoms with E-state index in [1.54, 1.807) is 25.1 Å². The molecule has 3 nitrogen and oxygen atoms in total. The monoisotopic (exact) mass is 304 g/mol. The molecule has 5 heteroatoms. The van der Waals surface area contributed by atoms with Crippen LogP contribution in [0.3, 0.4) is 0 Å². The predicted molar refractivity (Wildman–Crippen MR) is 64.5 cm³/mol. The van der Waals surface area contributed by atoms with Gasteiger partial charge < -0.3 is 4.74 Å². The molecule has 1 rings (SSSR count). The number of hydrogen-bond donors (Lipinski definition) is 0. The van der Waals surface area contributed by atoms with Crippen LogP contribution in [0.2, 0.25) is 5.02 Å². The highest BCUT2D eigenvalue weighted by atomic mass is 79.9. The molecule has 0 saturated heterocycles. The highest BCUT2D eigenvalue weighted by Gasteiger charge is 2.15. The van der Waals surface area contributed by atoms with E-state index in [1.807, 2.05) is 0 Å². The number of benzene rings is 1. The lowest BCUT2D eigenvalue weighted by Gasteiger charge is -2.02. The lowest BCUT2D eigenvalue weighted by Crippen LogP contribution is -2.19. The molecule has 16 heavy (non-hydrogen) atoms. The molecule has 0 fully saturated rings. The molecule has 86 valence electrons. The van der Waals surface area contributed by atoms with Crippen molar-refractivity contribution in [2.24, 2.45) is 0 Å². The number of Topliss-reactive ketones (excluding diaryl/α,β-unsaturated/α-hetero) is 1. The molecule has 0 amide bonds. The largest absolute Gasteiger partial charge is 0.460 e. The molecule has 1 aromatic carbocycles. The summed E-state index contributed by atoms with van der Waals surface area (Å²) < 4.78 is 5.35. The molecule has 0 saturated carbocycles. The second kappa shape index (κ2) is 6.01. The summed E-state index contributed by atoms with van der Waals surface area (Å²) in [6.07, 6.45) is 0.00579. The van der Waals surface area contributed by atoms with E-state index in [0.717, 1.165) is 4.47 Å². The fraction of sp³-hybridized carbons (Fsp3) is 0.273. The quantitative estimate of drug-likeness (QED) is 0.634. The Morgan fingerprint density at radius 2 is 2.12 bits per heavy atom. The van der Waals surface area contributed by atoms with Gasteiger partial charge in [-0.3, -0.25) is 4.79 Å². The third-order valence-corrected chi connectivity index (χ3v) is 3.08. The molecule has 0 unspecified atom stereocenters. The SMILES string of the molecule is CCOC(=O)C(=O)Cc1ccc(Br)c(Cl)c1. The molecule has 1 aromatic rings. The minimum atomic E-state index is -0.804. The van der Waals surface area contributed by atoms with E-state index in [0.29, 0.717) is 10.6 Å². The van der Waals surface area contributed by atoms with Gasteiger partial charge in [-0.1, -0.05) is 17.7 Å². The average Bonchev–Trinajstić information content (AvgIpc) is 2.24. The Kier molecular flexibility index (Phi) is 4.96. The number of carbonyl (C=O) groups is 2. The molecule has 0 N–H and O–H groups in total. The first-order valence-electron chi connectivity index (χ1n) is 4.68. The maximum Gasteiger partial charge on any atom is 0.374 e. The van der Waals surface area contributed by atoms with Gasteiger partial charge in [0.15, 0.2) is 0 Å². The lowest BCUT2D eigenvalue weighted by molar-refractivity contribution is -0.153. The molecule has 0 aliphatic heterocycles. The molecule has 0 heterocycles. The summed E-state index contributed by atoms with van der Waals surface area (Å²) in [6.45, 7) is 1.85. The number of ether oxygens (including phenoxy) is 1. The molecular weight excluding hydrogens is 295 g/mol. The van der Waals surface area contributed by atoms with Crippen LogP contribution in [0.5, 0.6) is 0 Å². The van der Waals surface area contributed by atoms with Crippen LogP contribution < -0.4 is 0 Å². The third kappa shape index (κ3) is 3.61. The summed E-state index contributed by atoms with van der Waals surface area (Å²) in [4.78, 5) is 22.5. The Balaban J connectivity index is 2.70. The Morgan fingerprint density at radius 3 is 2.69 bits per heavy atom. The van der Waals surface area contributed by atoms with Gasteiger partial charge in [0.05, 0.1) is 11.6 Å². The Labute approximate surface area is 107 Å². The van der Waals surface area contributed by atoms with Crippen LogP contribution in [-0.4, -0.2) is 18.4 Å². The first-order chi connectivity index (χ1) is 7.54. The number of hydrogen-bond acceptors (Lipinski definition) is 3. The van der Waals surface area contributed by atoms with E-state index in [2.05, 4.69) is 20.7 Å². The third-order valence-electron chi connectivity index (χ3n) is 1.85. The van der Waals surface area contributed by atoms with Gasteiger partial charge in [-0.25, -0.2) is 4.79 Å². The van der Waals surface area contributed by atoms with Gasteiger partial charge >= 0.3 is 5.97 Å². The van der Waals surface area contributed by atoms with Gasteiger partial charge in [-0.2, -0.15) is 0 Å². The maximum absolute atomic E-state index is 11.4. The van der Waals surface area contributed by atoms with E-state index < -0.39 is 11.8 Å². The average molecular weight is 306 g/mol. The van der Waals surface area contributed by atoms with Crippen molar-refractivity contribution >= 4 is 39.3 Å². The van der Waals surface area contributed by atoms with Crippen LogP contribution in [0.25, 0.3) is 0 Å². The topological polar surface area (TPSA) is 43.4 Å². The normalized spacial score (nSPS) is 9.94. The van der Waals surface area contributed by atoms with Crippen molar-refractivity contribution in [3.05, 3.63) is 33.3 Å². The van der Waals surface area contributed by atoms with Crippen LogP contribution in [0.4, 0.5) is 0 Å². The molecule has 0 bridgehead atoms. The van der Waals surface area contributed by atoms with Gasteiger partial charge in [0.25, 0.3) is 0 Å². The maximum atomic E-state index is 11.4. The second-order valence-electron chi connectivity index (χ2n) is 3.07. The van der Waals surface area contributed by atoms with Crippen molar-refractivity contribution in [2.45, 2.75) is 13.3 Å². The molecule has 0 radical (unpaired) electrons. The zero-order valence-corrected chi connectivity index (χ0v) is 11.0. The zero-order valence-electron chi connectivity index (χ0n) is 8.63. The van der Waals surface area contributed by atoms with Crippen molar-refractivity contribution in [1.82, 2.24) is 0 Å². The number of ketones is 1. The fourth-order valence-corrected chi connectivity index (χ4v) is 1.57. The number of esters is 1. The van der Waals surface area contributed by atoms with Crippen molar-refractivity contribution in [3.63, 3.8) is 0 Å². The summed E-state index contributed by atoms with van der Waals surface area (Å²) in [5.74, 6) is -1.37. The Hall–Kier alpha value is -0.870. The van der Waals surface area contributed by atoms with E-state index in [1.165, 1.54) is 0 Å². The number of rotatable bonds is 4. The Morgan fingerprint density at radius 1 is 1.44 bits per heavy atom. The predicted octanol–water partition coefficient (Wildman–Crippen LogP) is 2.78. The van der Waals surface area contributed by atoms with Crippen molar-refractivity contribution in [2.75, 3.05) is 6.61 Å². The summed E-state index contributed by atoms with van der Waals surface area (Å²) in [6, 6.07) is 5.10. The van der Waals surface area contributed by atoms with E-state index in [-0.39, 0.29) is 13.0 Å². The van der Waals surface area contributed by atoms with Crippen molar-refractivity contribution < 1.29 is 14.3 Å². The van der Waals surface area contributed by atoms with Crippen LogP contribution in [-0.2, 0) is 20.7 Å². The number of halogens is 2. The van der Waals surface area contributed by atoms with Gasteiger partial charge in [-0.05, 0) is 40.5 Å². The molecular formula is C11H10BrClO3. The van der Waals surface area contributed by atoms with E-state index in [4.69, 9.17) is 11.6 Å². The highest BCUT2D eigenvalue weighted by Crippen LogP contribution is 2.23. The minimum Gasteiger partial charge on any atom is -0.460 e. The first kappa shape index (κ1) is 13.2. The summed E-state index contributed by atoms with van der Waals surface area (Å²) in [7, 11) is 0. The summed E-state index contributed by atoms with van der Waals surface area (Å²) in [5.41, 5.74) is 0.686. The van der Waals surface area contributed by atoms with Crippen LogP contribution >= 0.6 is 27.5 Å². The summed E-state index contributed by atoms with van der Waals surface area (Å²) in [5, 5.41) is 0.508. The van der Waals surface area contributed by atoms with Gasteiger partial charge in [-0.15, -0.1) is 0 Å². The van der Waals surface area contributed by atoms with Crippen molar-refractivity contribution in [3.8, 4) is 0 Å². The van der Waals surface area contributed by atoms with E-state index in [9.17, 15) is 9.59 Å². The minimum absolute atomic E-state index is 0.00579. The Bertz CT molecular complexity index is 418. The van der Waals surface area contributed by atoms with Crippen molar-refractivity contribution in [1.29, 1.82) is 0 Å². The molecule has 0 aliphatic rings. The van der Waals surface area contributed by atoms with Crippen LogP contribution in [0, 0.1) is 0 Å².